The largest absolute Gasteiger partial charge is 0.489 e. The standard InChI is InChI=1S/C16H20FN3O3/c1-4-11(8-17)10-22-12-5-6-13-14(7-12)23-16(19-13)20(3)9-15(21)18-2/h5-8H,4,9-10H2,1-3H3,(H,18,21)/b11-8+. The van der Waals surface area contributed by atoms with Crippen LogP contribution in [0.5, 0.6) is 5.75 Å². The van der Waals surface area contributed by atoms with Crippen LogP contribution in [0.2, 0.25) is 0 Å². The SMILES string of the molecule is CC/C(=C\F)COc1ccc2nc(N(C)CC(=O)NC)oc2c1. The van der Waals surface area contributed by atoms with Gasteiger partial charge in [-0.15, -0.1) is 0 Å². The highest BCUT2D eigenvalue weighted by atomic mass is 19.1. The van der Waals surface area contributed by atoms with Crippen LogP contribution in [-0.2, 0) is 4.79 Å². The number of amides is 1. The summed E-state index contributed by atoms with van der Waals surface area (Å²) < 4.78 is 23.7. The molecule has 2 rings (SSSR count). The number of fused-ring (bicyclic) bond motifs is 1. The molecule has 23 heavy (non-hydrogen) atoms. The molecule has 0 spiro atoms. The Labute approximate surface area is 133 Å². The number of halogens is 1. The fourth-order valence-electron chi connectivity index (χ4n) is 1.89. The Morgan fingerprint density at radius 2 is 2.30 bits per heavy atom. The Morgan fingerprint density at radius 3 is 2.96 bits per heavy atom. The number of carbonyl (C=O) groups is 1. The Bertz CT molecular complexity index is 712. The number of aromatic nitrogens is 1. The Hall–Kier alpha value is -2.57. The van der Waals surface area contributed by atoms with Crippen molar-refractivity contribution in [2.24, 2.45) is 0 Å². The van der Waals surface area contributed by atoms with Crippen LogP contribution in [-0.4, -0.2) is 38.1 Å². The van der Waals surface area contributed by atoms with Crippen LogP contribution in [0, 0.1) is 0 Å². The van der Waals surface area contributed by atoms with Crippen LogP contribution in [0.3, 0.4) is 0 Å². The lowest BCUT2D eigenvalue weighted by Gasteiger charge is -2.12. The number of nitrogens with zero attached hydrogens (tertiary/aromatic N) is 2. The average Bonchev–Trinajstić information content (AvgIpc) is 2.99. The van der Waals surface area contributed by atoms with Crippen molar-refractivity contribution < 1.29 is 18.3 Å². The number of anilines is 1. The van der Waals surface area contributed by atoms with Gasteiger partial charge in [0.2, 0.25) is 5.91 Å². The molecule has 2 aromatic rings. The highest BCUT2D eigenvalue weighted by Gasteiger charge is 2.13. The number of carbonyl (C=O) groups excluding carboxylic acids is 1. The van der Waals surface area contributed by atoms with E-state index >= 15 is 0 Å². The molecule has 0 radical (unpaired) electrons. The second-order valence-corrected chi connectivity index (χ2v) is 5.06. The molecule has 0 saturated heterocycles. The summed E-state index contributed by atoms with van der Waals surface area (Å²) in [6, 6.07) is 5.55. The summed E-state index contributed by atoms with van der Waals surface area (Å²) in [4.78, 5) is 17.3. The molecule has 1 amide bonds. The predicted octanol–water partition coefficient (Wildman–Crippen LogP) is 2.65. The molecule has 0 aliphatic carbocycles. The molecule has 0 aliphatic rings. The van der Waals surface area contributed by atoms with Gasteiger partial charge in [0.15, 0.2) is 5.58 Å². The van der Waals surface area contributed by atoms with Gasteiger partial charge >= 0.3 is 0 Å². The highest BCUT2D eigenvalue weighted by Crippen LogP contribution is 2.25. The molecule has 0 bridgehead atoms. The molecule has 1 aromatic heterocycles. The zero-order valence-electron chi connectivity index (χ0n) is 13.4. The zero-order valence-corrected chi connectivity index (χ0v) is 13.4. The van der Waals surface area contributed by atoms with E-state index in [9.17, 15) is 9.18 Å². The van der Waals surface area contributed by atoms with Crippen LogP contribution in [0.4, 0.5) is 10.4 Å². The third kappa shape index (κ3) is 4.21. The fraction of sp³-hybridized carbons (Fsp3) is 0.375. The summed E-state index contributed by atoms with van der Waals surface area (Å²) in [5.74, 6) is 0.436. The van der Waals surface area contributed by atoms with Gasteiger partial charge in [-0.25, -0.2) is 4.39 Å². The second-order valence-electron chi connectivity index (χ2n) is 5.06. The molecule has 0 unspecified atom stereocenters. The van der Waals surface area contributed by atoms with Gasteiger partial charge in [0, 0.05) is 20.2 Å². The van der Waals surface area contributed by atoms with Gasteiger partial charge in [-0.05, 0) is 24.1 Å². The number of benzene rings is 1. The topological polar surface area (TPSA) is 67.6 Å². The van der Waals surface area contributed by atoms with Crippen molar-refractivity contribution in [1.82, 2.24) is 10.3 Å². The summed E-state index contributed by atoms with van der Waals surface area (Å²) in [6.07, 6.45) is 1.16. The van der Waals surface area contributed by atoms with Gasteiger partial charge < -0.3 is 19.4 Å². The normalized spacial score (nSPS) is 11.6. The Balaban J connectivity index is 2.12. The number of oxazole rings is 1. The van der Waals surface area contributed by atoms with Crippen molar-refractivity contribution in [2.75, 3.05) is 32.1 Å². The minimum absolute atomic E-state index is 0.135. The van der Waals surface area contributed by atoms with Crippen molar-refractivity contribution in [3.05, 3.63) is 30.1 Å². The maximum absolute atomic E-state index is 12.5. The van der Waals surface area contributed by atoms with Gasteiger partial charge in [0.25, 0.3) is 6.01 Å². The van der Waals surface area contributed by atoms with Crippen molar-refractivity contribution in [3.63, 3.8) is 0 Å². The van der Waals surface area contributed by atoms with Crippen LogP contribution in [0.25, 0.3) is 11.1 Å². The lowest BCUT2D eigenvalue weighted by molar-refractivity contribution is -0.119. The Morgan fingerprint density at radius 1 is 1.52 bits per heavy atom. The zero-order chi connectivity index (χ0) is 16.8. The molecule has 0 fully saturated rings. The first kappa shape index (κ1) is 16.8. The van der Waals surface area contributed by atoms with E-state index in [2.05, 4.69) is 10.3 Å². The van der Waals surface area contributed by atoms with E-state index in [0.29, 0.717) is 41.2 Å². The second kappa shape index (κ2) is 7.62. The quantitative estimate of drug-likeness (QED) is 0.849. The monoisotopic (exact) mass is 321 g/mol. The number of hydrogen-bond donors (Lipinski definition) is 1. The third-order valence-electron chi connectivity index (χ3n) is 3.37. The third-order valence-corrected chi connectivity index (χ3v) is 3.37. The van der Waals surface area contributed by atoms with E-state index in [1.165, 1.54) is 0 Å². The van der Waals surface area contributed by atoms with E-state index in [1.54, 1.807) is 37.2 Å². The molecule has 0 saturated carbocycles. The smallest absolute Gasteiger partial charge is 0.298 e. The number of ether oxygens (including phenoxy) is 1. The first-order valence-corrected chi connectivity index (χ1v) is 7.30. The van der Waals surface area contributed by atoms with Crippen LogP contribution in [0.15, 0.2) is 34.5 Å². The fourth-order valence-corrected chi connectivity index (χ4v) is 1.89. The van der Waals surface area contributed by atoms with E-state index < -0.39 is 0 Å². The van der Waals surface area contributed by atoms with Gasteiger partial charge in [-0.1, -0.05) is 6.92 Å². The predicted molar refractivity (Wildman–Crippen MR) is 86.3 cm³/mol. The molecular formula is C16H20FN3O3. The molecule has 7 heteroatoms. The van der Waals surface area contributed by atoms with Gasteiger partial charge in [-0.2, -0.15) is 4.98 Å². The maximum atomic E-state index is 12.5. The first-order chi connectivity index (χ1) is 11.1. The van der Waals surface area contributed by atoms with Crippen molar-refractivity contribution >= 4 is 23.0 Å². The van der Waals surface area contributed by atoms with Crippen LogP contribution in [0.1, 0.15) is 13.3 Å². The number of rotatable bonds is 7. The van der Waals surface area contributed by atoms with Gasteiger partial charge in [0.1, 0.15) is 24.4 Å². The highest BCUT2D eigenvalue weighted by molar-refractivity contribution is 5.81. The van der Waals surface area contributed by atoms with E-state index in [-0.39, 0.29) is 19.1 Å². The summed E-state index contributed by atoms with van der Waals surface area (Å²) in [6.45, 7) is 2.20. The average molecular weight is 321 g/mol. The summed E-state index contributed by atoms with van der Waals surface area (Å²) in [5, 5.41) is 2.54. The number of likely N-dealkylation sites (N-methyl/N-ethyl adjacent to an activating group) is 2. The van der Waals surface area contributed by atoms with Crippen molar-refractivity contribution in [3.8, 4) is 5.75 Å². The molecule has 0 atom stereocenters. The Kier molecular flexibility index (Phi) is 5.56. The minimum atomic E-state index is -0.135. The molecular weight excluding hydrogens is 301 g/mol. The molecule has 1 N–H and O–H groups in total. The lowest BCUT2D eigenvalue weighted by atomic mass is 10.2. The van der Waals surface area contributed by atoms with E-state index in [4.69, 9.17) is 9.15 Å². The maximum Gasteiger partial charge on any atom is 0.298 e. The number of hydrogen-bond acceptors (Lipinski definition) is 5. The minimum Gasteiger partial charge on any atom is -0.489 e. The summed E-state index contributed by atoms with van der Waals surface area (Å²) in [5.41, 5.74) is 1.78. The van der Waals surface area contributed by atoms with Gasteiger partial charge in [-0.3, -0.25) is 4.79 Å². The van der Waals surface area contributed by atoms with E-state index in [1.807, 2.05) is 6.92 Å². The molecule has 1 heterocycles. The first-order valence-electron chi connectivity index (χ1n) is 7.30. The van der Waals surface area contributed by atoms with Gasteiger partial charge in [0.05, 0.1) is 6.33 Å². The lowest BCUT2D eigenvalue weighted by Crippen LogP contribution is -2.33. The molecule has 6 nitrogen and oxygen atoms in total. The van der Waals surface area contributed by atoms with Crippen LogP contribution >= 0.6 is 0 Å². The van der Waals surface area contributed by atoms with Crippen molar-refractivity contribution in [2.45, 2.75) is 13.3 Å². The molecule has 124 valence electrons. The van der Waals surface area contributed by atoms with E-state index in [0.717, 1.165) is 0 Å². The van der Waals surface area contributed by atoms with Crippen molar-refractivity contribution in [1.29, 1.82) is 0 Å². The molecule has 0 aliphatic heterocycles. The van der Waals surface area contributed by atoms with Crippen LogP contribution < -0.4 is 15.0 Å². The summed E-state index contributed by atoms with van der Waals surface area (Å²) >= 11 is 0. The molecule has 1 aromatic carbocycles. The number of nitrogens with one attached hydrogen (secondary N) is 1. The summed E-state index contributed by atoms with van der Waals surface area (Å²) in [7, 11) is 3.29.